The van der Waals surface area contributed by atoms with Gasteiger partial charge in [0.1, 0.15) is 6.61 Å². The van der Waals surface area contributed by atoms with Crippen LogP contribution in [0.1, 0.15) is 15.9 Å². The van der Waals surface area contributed by atoms with Crippen molar-refractivity contribution in [1.29, 1.82) is 5.26 Å². The lowest BCUT2D eigenvalue weighted by molar-refractivity contribution is -0.143. The SMILES string of the molecule is CN(CCOC(=O)c1cccc(C#N)c1)CC(F)(F)F. The highest BCUT2D eigenvalue weighted by Crippen LogP contribution is 2.15. The molecule has 108 valence electrons. The quantitative estimate of drug-likeness (QED) is 0.779. The van der Waals surface area contributed by atoms with Gasteiger partial charge < -0.3 is 4.74 Å². The molecule has 1 aromatic rings. The fraction of sp³-hybridized carbons (Fsp3) is 0.385. The summed E-state index contributed by atoms with van der Waals surface area (Å²) in [6.07, 6.45) is -4.28. The average molecular weight is 286 g/mol. The number of rotatable bonds is 5. The molecule has 1 aromatic carbocycles. The molecule has 0 atom stereocenters. The molecule has 0 aromatic heterocycles. The number of esters is 1. The predicted octanol–water partition coefficient (Wildman–Crippen LogP) is 2.21. The van der Waals surface area contributed by atoms with Crippen LogP contribution in [0.15, 0.2) is 24.3 Å². The van der Waals surface area contributed by atoms with Gasteiger partial charge in [0.2, 0.25) is 0 Å². The first-order valence-electron chi connectivity index (χ1n) is 5.74. The third-order valence-corrected chi connectivity index (χ3v) is 2.38. The van der Waals surface area contributed by atoms with E-state index < -0.39 is 18.7 Å². The van der Waals surface area contributed by atoms with E-state index in [0.29, 0.717) is 5.56 Å². The van der Waals surface area contributed by atoms with Gasteiger partial charge in [-0.1, -0.05) is 6.07 Å². The molecule has 0 fully saturated rings. The van der Waals surface area contributed by atoms with Crippen molar-refractivity contribution in [3.63, 3.8) is 0 Å². The van der Waals surface area contributed by atoms with Gasteiger partial charge in [0.05, 0.1) is 23.7 Å². The van der Waals surface area contributed by atoms with Crippen LogP contribution in [0.5, 0.6) is 0 Å². The smallest absolute Gasteiger partial charge is 0.401 e. The fourth-order valence-electron chi connectivity index (χ4n) is 1.48. The molecule has 0 N–H and O–H groups in total. The van der Waals surface area contributed by atoms with E-state index in [4.69, 9.17) is 10.00 Å². The van der Waals surface area contributed by atoms with Crippen molar-refractivity contribution in [2.45, 2.75) is 6.18 Å². The maximum absolute atomic E-state index is 12.1. The molecule has 7 heteroatoms. The molecule has 0 unspecified atom stereocenters. The Morgan fingerprint density at radius 1 is 1.45 bits per heavy atom. The van der Waals surface area contributed by atoms with Crippen LogP contribution in [0.4, 0.5) is 13.2 Å². The predicted molar refractivity (Wildman–Crippen MR) is 65.0 cm³/mol. The van der Waals surface area contributed by atoms with Crippen molar-refractivity contribution in [1.82, 2.24) is 4.90 Å². The lowest BCUT2D eigenvalue weighted by Gasteiger charge is -2.18. The van der Waals surface area contributed by atoms with Crippen LogP contribution in [-0.4, -0.2) is 43.8 Å². The van der Waals surface area contributed by atoms with Crippen LogP contribution >= 0.6 is 0 Å². The molecule has 1 rings (SSSR count). The Morgan fingerprint density at radius 3 is 2.75 bits per heavy atom. The standard InChI is InChI=1S/C13H13F3N2O2/c1-18(9-13(14,15)16)5-6-20-12(19)11-4-2-3-10(7-11)8-17/h2-4,7H,5-6,9H2,1H3. The highest BCUT2D eigenvalue weighted by atomic mass is 19.4. The second-order valence-corrected chi connectivity index (χ2v) is 4.18. The van der Waals surface area contributed by atoms with Crippen molar-refractivity contribution in [3.05, 3.63) is 35.4 Å². The van der Waals surface area contributed by atoms with E-state index in [9.17, 15) is 18.0 Å². The first kappa shape index (κ1) is 16.0. The molecule has 0 saturated carbocycles. The molecule has 0 spiro atoms. The third-order valence-electron chi connectivity index (χ3n) is 2.38. The lowest BCUT2D eigenvalue weighted by atomic mass is 10.1. The number of halogens is 3. The Morgan fingerprint density at radius 2 is 2.15 bits per heavy atom. The molecule has 0 aliphatic carbocycles. The number of hydrogen-bond donors (Lipinski definition) is 0. The minimum absolute atomic E-state index is 0.0246. The van der Waals surface area contributed by atoms with Crippen molar-refractivity contribution in [3.8, 4) is 6.07 Å². The first-order chi connectivity index (χ1) is 9.31. The summed E-state index contributed by atoms with van der Waals surface area (Å²) in [4.78, 5) is 12.6. The van der Waals surface area contributed by atoms with Gasteiger partial charge in [0.25, 0.3) is 0 Å². The summed E-state index contributed by atoms with van der Waals surface area (Å²) >= 11 is 0. The fourth-order valence-corrected chi connectivity index (χ4v) is 1.48. The molecule has 0 aliphatic rings. The lowest BCUT2D eigenvalue weighted by Crippen LogP contribution is -2.33. The number of carbonyl (C=O) groups excluding carboxylic acids is 1. The topological polar surface area (TPSA) is 53.3 Å². The molecule has 0 heterocycles. The van der Waals surface area contributed by atoms with Crippen molar-refractivity contribution in [2.75, 3.05) is 26.7 Å². The number of carbonyl (C=O) groups is 1. The van der Waals surface area contributed by atoms with Gasteiger partial charge in [-0.05, 0) is 25.2 Å². The normalized spacial score (nSPS) is 11.2. The molecule has 4 nitrogen and oxygen atoms in total. The van der Waals surface area contributed by atoms with E-state index >= 15 is 0 Å². The van der Waals surface area contributed by atoms with Gasteiger partial charge in [-0.15, -0.1) is 0 Å². The Hall–Kier alpha value is -2.07. The number of nitrogens with zero attached hydrogens (tertiary/aromatic N) is 2. The number of hydrogen-bond acceptors (Lipinski definition) is 4. The van der Waals surface area contributed by atoms with E-state index in [1.165, 1.54) is 31.3 Å². The largest absolute Gasteiger partial charge is 0.461 e. The van der Waals surface area contributed by atoms with Crippen molar-refractivity contribution < 1.29 is 22.7 Å². The summed E-state index contributed by atoms with van der Waals surface area (Å²) in [5.41, 5.74) is 0.510. The summed E-state index contributed by atoms with van der Waals surface area (Å²) in [5, 5.41) is 8.69. The third kappa shape index (κ3) is 5.71. The summed E-state index contributed by atoms with van der Waals surface area (Å²) in [5.74, 6) is -0.664. The molecular weight excluding hydrogens is 273 g/mol. The zero-order chi connectivity index (χ0) is 15.2. The average Bonchev–Trinajstić information content (AvgIpc) is 2.36. The molecule has 0 amide bonds. The van der Waals surface area contributed by atoms with E-state index in [-0.39, 0.29) is 18.7 Å². The second kappa shape index (κ2) is 6.91. The van der Waals surface area contributed by atoms with E-state index in [2.05, 4.69) is 0 Å². The monoisotopic (exact) mass is 286 g/mol. The Bertz CT molecular complexity index is 509. The minimum atomic E-state index is -4.28. The number of benzene rings is 1. The molecule has 0 saturated heterocycles. The van der Waals surface area contributed by atoms with E-state index in [0.717, 1.165) is 4.90 Å². The molecule has 0 bridgehead atoms. The molecule has 0 radical (unpaired) electrons. The van der Waals surface area contributed by atoms with Crippen LogP contribution in [0.2, 0.25) is 0 Å². The maximum Gasteiger partial charge on any atom is 0.401 e. The Kier molecular flexibility index (Phi) is 5.53. The molecule has 20 heavy (non-hydrogen) atoms. The molecular formula is C13H13F3N2O2. The van der Waals surface area contributed by atoms with Gasteiger partial charge in [-0.3, -0.25) is 4.90 Å². The maximum atomic E-state index is 12.1. The summed E-state index contributed by atoms with van der Waals surface area (Å²) in [7, 11) is 1.29. The number of alkyl halides is 3. The van der Waals surface area contributed by atoms with Gasteiger partial charge >= 0.3 is 12.1 Å². The Balaban J connectivity index is 2.42. The minimum Gasteiger partial charge on any atom is -0.461 e. The van der Waals surface area contributed by atoms with Crippen molar-refractivity contribution in [2.24, 2.45) is 0 Å². The number of likely N-dealkylation sites (N-methyl/N-ethyl adjacent to an activating group) is 1. The summed E-state index contributed by atoms with van der Waals surface area (Å²) in [6.45, 7) is -1.24. The van der Waals surface area contributed by atoms with Crippen molar-refractivity contribution >= 4 is 5.97 Å². The zero-order valence-corrected chi connectivity index (χ0v) is 10.8. The number of ether oxygens (including phenoxy) is 1. The summed E-state index contributed by atoms with van der Waals surface area (Å²) < 4.78 is 41.0. The van der Waals surface area contributed by atoms with E-state index in [1.807, 2.05) is 6.07 Å². The van der Waals surface area contributed by atoms with Crippen LogP contribution < -0.4 is 0 Å². The van der Waals surface area contributed by atoms with Gasteiger partial charge in [-0.25, -0.2) is 4.79 Å². The van der Waals surface area contributed by atoms with Gasteiger partial charge in [-0.2, -0.15) is 18.4 Å². The van der Waals surface area contributed by atoms with E-state index in [1.54, 1.807) is 0 Å². The first-order valence-corrected chi connectivity index (χ1v) is 5.74. The number of nitriles is 1. The highest BCUT2D eigenvalue weighted by molar-refractivity contribution is 5.89. The van der Waals surface area contributed by atoms with Gasteiger partial charge in [0.15, 0.2) is 0 Å². The van der Waals surface area contributed by atoms with Crippen LogP contribution in [0, 0.1) is 11.3 Å². The Labute approximate surface area is 114 Å². The van der Waals surface area contributed by atoms with Crippen LogP contribution in [0.25, 0.3) is 0 Å². The highest BCUT2D eigenvalue weighted by Gasteiger charge is 2.28. The zero-order valence-electron chi connectivity index (χ0n) is 10.8. The van der Waals surface area contributed by atoms with Crippen LogP contribution in [-0.2, 0) is 4.74 Å². The van der Waals surface area contributed by atoms with Gasteiger partial charge in [0, 0.05) is 6.54 Å². The second-order valence-electron chi connectivity index (χ2n) is 4.18. The summed E-state index contributed by atoms with van der Waals surface area (Å²) in [6, 6.07) is 7.79. The van der Waals surface area contributed by atoms with Crippen LogP contribution in [0.3, 0.4) is 0 Å². The molecule has 0 aliphatic heterocycles.